The van der Waals surface area contributed by atoms with Crippen LogP contribution in [0, 0.1) is 6.33 Å². The molecular weight excluding hydrogens is 1030 g/mol. The maximum Gasteiger partial charge on any atom is 0.269 e. The fourth-order valence-corrected chi connectivity index (χ4v) is 12.5. The largest absolute Gasteiger partial charge is 0.458 e. The topological polar surface area (TPSA) is 35.9 Å². The van der Waals surface area contributed by atoms with Crippen molar-refractivity contribution in [2.75, 3.05) is 0 Å². The van der Waals surface area contributed by atoms with E-state index >= 15 is 0 Å². The number of hydrogen-bond acceptors (Lipinski definition) is 2. The normalized spacial score (nSPS) is 12.9. The van der Waals surface area contributed by atoms with Crippen LogP contribution in [0.15, 0.2) is 200 Å². The van der Waals surface area contributed by atoms with Gasteiger partial charge in [-0.05, 0) is 165 Å². The van der Waals surface area contributed by atoms with Gasteiger partial charge >= 0.3 is 0 Å². The van der Waals surface area contributed by atoms with Crippen molar-refractivity contribution in [3.63, 3.8) is 0 Å². The minimum Gasteiger partial charge on any atom is -0.458 e. The van der Waals surface area contributed by atoms with E-state index in [4.69, 9.17) is 9.72 Å². The van der Waals surface area contributed by atoms with Crippen LogP contribution in [0.4, 0.5) is 0 Å². The van der Waals surface area contributed by atoms with Crippen molar-refractivity contribution in [3.8, 4) is 84.3 Å². The molecule has 0 saturated heterocycles. The van der Waals surface area contributed by atoms with Crippen LogP contribution in [0.1, 0.15) is 132 Å². The summed E-state index contributed by atoms with van der Waals surface area (Å²) < 4.78 is 14.0. The van der Waals surface area contributed by atoms with Gasteiger partial charge in [0.25, 0.3) is 6.33 Å². The first-order valence-corrected chi connectivity index (χ1v) is 30.3. The lowest BCUT2D eigenvalue weighted by atomic mass is 9.77. The number of para-hydroxylation sites is 1. The molecule has 13 rings (SSSR count). The average molecular weight is 1110 g/mol. The van der Waals surface area contributed by atoms with E-state index in [0.29, 0.717) is 5.75 Å². The van der Waals surface area contributed by atoms with E-state index < -0.39 is 0 Å². The zero-order valence-electron chi connectivity index (χ0n) is 52.2. The van der Waals surface area contributed by atoms with Crippen molar-refractivity contribution in [2.24, 2.45) is 0 Å². The van der Waals surface area contributed by atoms with Crippen molar-refractivity contribution >= 4 is 32.8 Å². The second-order valence-electron chi connectivity index (χ2n) is 28.8. The monoisotopic (exact) mass is 1110 g/mol. The summed E-state index contributed by atoms with van der Waals surface area (Å²) in [4.78, 5) is 4.97. The maximum absolute atomic E-state index is 7.06. The highest BCUT2D eigenvalue weighted by molar-refractivity contribution is 6.09. The molecule has 4 heterocycles. The van der Waals surface area contributed by atoms with Crippen molar-refractivity contribution < 1.29 is 9.30 Å². The van der Waals surface area contributed by atoms with Crippen molar-refractivity contribution in [1.82, 2.24) is 14.1 Å². The molecule has 0 fully saturated rings. The third kappa shape index (κ3) is 9.95. The van der Waals surface area contributed by atoms with E-state index in [1.54, 1.807) is 0 Å². The minimum absolute atomic E-state index is 0.00887. The maximum atomic E-state index is 7.06. The molecule has 0 N–H and O–H groups in total. The van der Waals surface area contributed by atoms with E-state index in [9.17, 15) is 0 Å². The molecule has 0 saturated carbocycles. The SMILES string of the molecule is CC(C)(C)c1ccc(-c2cc3c4c(c2)n(-c2cccc(Oc5ccc6c7ccccc7n(-c7cc(C(C)(C)C)ccn7)c6c5)c2)[c-][n+]4-c2c(-c4cc(C(C)(C)C)cc(C(C)(C)C)c4)cc(C(C)(C)C)cc2-c2ccccc2-c2ccccc2-3)cc1. The molecule has 9 aromatic carbocycles. The van der Waals surface area contributed by atoms with Crippen molar-refractivity contribution in [3.05, 3.63) is 234 Å². The fraction of sp³-hybridized carbons (Fsp3) is 0.250. The molecule has 12 aromatic rings. The van der Waals surface area contributed by atoms with Crippen LogP contribution in [0.3, 0.4) is 0 Å². The molecule has 3 aromatic heterocycles. The standard InChI is InChI=1S/C80H78N4O/c1-76(2,3)53-33-31-50(32-34-53)51-41-68-63-27-18-16-25-61(63)62-26-17-19-28-64(62)69-45-57(80(13,14)15)44-67(52-39-55(78(7,8)9)43-56(40-52)79(10,11)12)74(69)83-49-82(72(42-51)75(68)83)58-23-22-24-59(47-58)85-60-35-36-66-65-29-20-21-30-70(65)84(71(66)48-60)73-46-54(37-38-81-73)77(4,5)6/h16-48H,1-15H3. The van der Waals surface area contributed by atoms with E-state index in [2.05, 4.69) is 318 Å². The Labute approximate surface area is 503 Å². The summed E-state index contributed by atoms with van der Waals surface area (Å²) in [5.41, 5.74) is 23.9. The average Bonchev–Trinajstić information content (AvgIpc) is 1.75. The van der Waals surface area contributed by atoms with E-state index in [-0.39, 0.29) is 27.1 Å². The Morgan fingerprint density at radius 1 is 0.365 bits per heavy atom. The first-order chi connectivity index (χ1) is 40.3. The molecule has 0 amide bonds. The Kier molecular flexibility index (Phi) is 13.0. The number of ether oxygens (including phenoxy) is 1. The van der Waals surface area contributed by atoms with Gasteiger partial charge in [-0.25, -0.2) is 4.98 Å². The number of aromatic nitrogens is 4. The first-order valence-electron chi connectivity index (χ1n) is 30.3. The Morgan fingerprint density at radius 2 is 0.918 bits per heavy atom. The summed E-state index contributed by atoms with van der Waals surface area (Å²) in [6.07, 6.45) is 6.10. The number of hydrogen-bond donors (Lipinski definition) is 0. The van der Waals surface area contributed by atoms with Crippen LogP contribution in [0.2, 0.25) is 0 Å². The fourth-order valence-electron chi connectivity index (χ4n) is 12.5. The van der Waals surface area contributed by atoms with Gasteiger partial charge in [0, 0.05) is 23.0 Å². The molecule has 0 aliphatic carbocycles. The van der Waals surface area contributed by atoms with Gasteiger partial charge in [0.05, 0.1) is 33.4 Å². The lowest BCUT2D eigenvalue weighted by Gasteiger charge is -2.29. The Bertz CT molecular complexity index is 4590. The highest BCUT2D eigenvalue weighted by Gasteiger charge is 2.31. The van der Waals surface area contributed by atoms with Crippen LogP contribution in [0.25, 0.3) is 106 Å². The molecule has 0 bridgehead atoms. The summed E-state index contributed by atoms with van der Waals surface area (Å²) in [5.74, 6) is 2.33. The van der Waals surface area contributed by atoms with Gasteiger partial charge in [0.2, 0.25) is 0 Å². The number of fused-ring (bicyclic) bond motifs is 10. The molecule has 0 unspecified atom stereocenters. The minimum atomic E-state index is -0.176. The number of benzene rings is 9. The molecule has 0 radical (unpaired) electrons. The Hall–Kier alpha value is -8.80. The van der Waals surface area contributed by atoms with Gasteiger partial charge in [0.1, 0.15) is 17.3 Å². The first kappa shape index (κ1) is 55.4. The predicted molar refractivity (Wildman–Crippen MR) is 357 cm³/mol. The molecule has 424 valence electrons. The summed E-state index contributed by atoms with van der Waals surface area (Å²) >= 11 is 0. The summed E-state index contributed by atoms with van der Waals surface area (Å²) in [6.45, 7) is 34.6. The van der Waals surface area contributed by atoms with Crippen molar-refractivity contribution in [1.29, 1.82) is 0 Å². The number of imidazole rings is 1. The highest BCUT2D eigenvalue weighted by Crippen LogP contribution is 2.49. The third-order valence-electron chi connectivity index (χ3n) is 17.5. The van der Waals surface area contributed by atoms with Crippen LogP contribution in [-0.4, -0.2) is 14.1 Å². The molecule has 85 heavy (non-hydrogen) atoms. The molecule has 1 aliphatic heterocycles. The summed E-state index contributed by atoms with van der Waals surface area (Å²) in [6, 6.07) is 72.3. The van der Waals surface area contributed by atoms with Crippen LogP contribution < -0.4 is 9.30 Å². The van der Waals surface area contributed by atoms with E-state index in [1.165, 1.54) is 55.5 Å². The number of nitrogens with zero attached hydrogens (tertiary/aromatic N) is 4. The number of pyridine rings is 1. The molecule has 0 spiro atoms. The summed E-state index contributed by atoms with van der Waals surface area (Å²) in [7, 11) is 0. The molecule has 0 atom stereocenters. The predicted octanol–water partition coefficient (Wildman–Crippen LogP) is 21.1. The molecule has 5 heteroatoms. The zero-order chi connectivity index (χ0) is 59.7. The highest BCUT2D eigenvalue weighted by atomic mass is 16.5. The van der Waals surface area contributed by atoms with Gasteiger partial charge in [0.15, 0.2) is 0 Å². The number of rotatable bonds is 6. The smallest absolute Gasteiger partial charge is 0.269 e. The lowest BCUT2D eigenvalue weighted by molar-refractivity contribution is -0.570. The second kappa shape index (κ2) is 19.9. The third-order valence-corrected chi connectivity index (χ3v) is 17.5. The zero-order valence-corrected chi connectivity index (χ0v) is 52.2. The van der Waals surface area contributed by atoms with Crippen LogP contribution in [-0.2, 0) is 27.1 Å². The molecule has 1 aliphatic rings. The lowest BCUT2D eigenvalue weighted by Crippen LogP contribution is -2.32. The van der Waals surface area contributed by atoms with E-state index in [1.807, 2.05) is 6.20 Å². The van der Waals surface area contributed by atoms with Crippen LogP contribution >= 0.6 is 0 Å². The van der Waals surface area contributed by atoms with Crippen molar-refractivity contribution in [2.45, 2.75) is 131 Å². The van der Waals surface area contributed by atoms with Crippen LogP contribution in [0.5, 0.6) is 11.5 Å². The quantitative estimate of drug-likeness (QED) is 0.123. The molecular formula is C80H78N4O. The van der Waals surface area contributed by atoms with E-state index in [0.717, 1.165) is 83.8 Å². The van der Waals surface area contributed by atoms with Gasteiger partial charge in [-0.2, -0.15) is 0 Å². The Balaban J connectivity index is 1.09. The van der Waals surface area contributed by atoms with Gasteiger partial charge in [-0.3, -0.25) is 13.7 Å². The summed E-state index contributed by atoms with van der Waals surface area (Å²) in [5, 5.41) is 2.31. The second-order valence-corrected chi connectivity index (χ2v) is 28.8. The Morgan fingerprint density at radius 3 is 1.55 bits per heavy atom. The van der Waals surface area contributed by atoms with Gasteiger partial charge in [-0.1, -0.05) is 237 Å². The molecule has 5 nitrogen and oxygen atoms in total. The van der Waals surface area contributed by atoms with Gasteiger partial charge < -0.3 is 4.74 Å². The van der Waals surface area contributed by atoms with Gasteiger partial charge in [-0.15, -0.1) is 0 Å².